The molecule has 0 radical (unpaired) electrons. The molecule has 2 aromatic rings. The minimum atomic E-state index is 0.225. The number of hydrogen-bond acceptors (Lipinski definition) is 2. The fraction of sp³-hybridized carbons (Fsp3) is 0. The Bertz CT molecular complexity index is 550. The van der Waals surface area contributed by atoms with Crippen molar-refractivity contribution in [2.75, 3.05) is 0 Å². The van der Waals surface area contributed by atoms with E-state index < -0.39 is 0 Å². The van der Waals surface area contributed by atoms with Gasteiger partial charge in [-0.1, -0.05) is 23.2 Å². The highest BCUT2D eigenvalue weighted by molar-refractivity contribution is 6.35. The topological polar surface area (TPSA) is 32.6 Å². The average Bonchev–Trinajstić information content (AvgIpc) is 2.32. The lowest BCUT2D eigenvalue weighted by molar-refractivity contribution is 0.475. The fourth-order valence-electron chi connectivity index (χ4n) is 1.29. The summed E-state index contributed by atoms with van der Waals surface area (Å²) >= 11 is 11.8. The predicted octanol–water partition coefficient (Wildman–Crippen LogP) is 4.45. The van der Waals surface area contributed by atoms with Gasteiger partial charge in [-0.3, -0.25) is 4.99 Å². The van der Waals surface area contributed by atoms with Crippen LogP contribution in [0.3, 0.4) is 0 Å². The largest absolute Gasteiger partial charge is 0.508 e. The maximum Gasteiger partial charge on any atom is 0.115 e. The molecule has 2 nitrogen and oxygen atoms in total. The molecule has 0 saturated carbocycles. The summed E-state index contributed by atoms with van der Waals surface area (Å²) in [5, 5.41) is 10.3. The van der Waals surface area contributed by atoms with E-state index in [2.05, 4.69) is 4.99 Å². The molecule has 0 atom stereocenters. The van der Waals surface area contributed by atoms with E-state index in [4.69, 9.17) is 28.3 Å². The van der Waals surface area contributed by atoms with Crippen molar-refractivity contribution < 1.29 is 5.11 Å². The van der Waals surface area contributed by atoms with Crippen LogP contribution in [0.2, 0.25) is 10.0 Å². The van der Waals surface area contributed by atoms with E-state index in [0.717, 1.165) is 5.56 Å². The van der Waals surface area contributed by atoms with Gasteiger partial charge in [-0.05, 0) is 48.0 Å². The lowest BCUT2D eigenvalue weighted by Crippen LogP contribution is -1.79. The number of benzene rings is 2. The number of phenols is 1. The summed E-state index contributed by atoms with van der Waals surface area (Å²) in [5.41, 5.74) is 1.49. The Kier molecular flexibility index (Phi) is 3.67. The molecule has 4 heteroatoms. The second kappa shape index (κ2) is 5.21. The monoisotopic (exact) mass is 265 g/mol. The second-order valence-corrected chi connectivity index (χ2v) is 4.29. The predicted molar refractivity (Wildman–Crippen MR) is 71.8 cm³/mol. The summed E-state index contributed by atoms with van der Waals surface area (Å²) in [4.78, 5) is 4.24. The molecule has 0 amide bonds. The molecule has 0 saturated heterocycles. The summed E-state index contributed by atoms with van der Waals surface area (Å²) in [6.45, 7) is 0. The van der Waals surface area contributed by atoms with Gasteiger partial charge in [0.05, 0.1) is 10.7 Å². The van der Waals surface area contributed by atoms with E-state index in [-0.39, 0.29) is 5.75 Å². The van der Waals surface area contributed by atoms with Gasteiger partial charge in [-0.2, -0.15) is 0 Å². The third kappa shape index (κ3) is 3.22. The maximum absolute atomic E-state index is 9.14. The first-order valence-electron chi connectivity index (χ1n) is 4.93. The van der Waals surface area contributed by atoms with Gasteiger partial charge in [0.1, 0.15) is 5.75 Å². The highest BCUT2D eigenvalue weighted by atomic mass is 35.5. The first-order valence-corrected chi connectivity index (χ1v) is 5.69. The molecule has 17 heavy (non-hydrogen) atoms. The molecule has 2 rings (SSSR count). The van der Waals surface area contributed by atoms with Crippen LogP contribution in [-0.4, -0.2) is 11.3 Å². The van der Waals surface area contributed by atoms with Crippen molar-refractivity contribution in [1.82, 2.24) is 0 Å². The molecule has 0 aliphatic carbocycles. The lowest BCUT2D eigenvalue weighted by atomic mass is 10.2. The molecule has 0 aliphatic heterocycles. The Morgan fingerprint density at radius 3 is 2.41 bits per heavy atom. The van der Waals surface area contributed by atoms with Gasteiger partial charge in [0.25, 0.3) is 0 Å². The Balaban J connectivity index is 2.25. The molecule has 2 aromatic carbocycles. The molecule has 0 fully saturated rings. The van der Waals surface area contributed by atoms with Crippen LogP contribution in [0, 0.1) is 0 Å². The molecule has 0 heterocycles. The number of nitrogens with zero attached hydrogens (tertiary/aromatic N) is 1. The molecule has 0 aromatic heterocycles. The zero-order chi connectivity index (χ0) is 12.3. The molecular weight excluding hydrogens is 257 g/mol. The third-order valence-electron chi connectivity index (χ3n) is 2.15. The highest BCUT2D eigenvalue weighted by Crippen LogP contribution is 2.27. The van der Waals surface area contributed by atoms with Crippen molar-refractivity contribution >= 4 is 35.1 Å². The number of halogens is 2. The van der Waals surface area contributed by atoms with E-state index >= 15 is 0 Å². The smallest absolute Gasteiger partial charge is 0.115 e. The van der Waals surface area contributed by atoms with E-state index in [1.165, 1.54) is 0 Å². The Morgan fingerprint density at radius 2 is 1.71 bits per heavy atom. The van der Waals surface area contributed by atoms with Crippen LogP contribution in [0.5, 0.6) is 5.75 Å². The van der Waals surface area contributed by atoms with Crippen LogP contribution in [0.25, 0.3) is 0 Å². The van der Waals surface area contributed by atoms with Crippen molar-refractivity contribution in [2.24, 2.45) is 4.99 Å². The molecular formula is C13H9Cl2NO. The van der Waals surface area contributed by atoms with Crippen LogP contribution >= 0.6 is 23.2 Å². The van der Waals surface area contributed by atoms with Gasteiger partial charge in [-0.25, -0.2) is 0 Å². The fourth-order valence-corrected chi connectivity index (χ4v) is 1.62. The van der Waals surface area contributed by atoms with Crippen molar-refractivity contribution in [3.05, 3.63) is 58.1 Å². The Hall–Kier alpha value is -1.51. The first-order chi connectivity index (χ1) is 8.15. The van der Waals surface area contributed by atoms with Crippen molar-refractivity contribution in [1.29, 1.82) is 0 Å². The quantitative estimate of drug-likeness (QED) is 0.800. The molecule has 0 spiro atoms. The number of aromatic hydroxyl groups is 1. The average molecular weight is 266 g/mol. The summed E-state index contributed by atoms with van der Waals surface area (Å²) < 4.78 is 0. The van der Waals surface area contributed by atoms with E-state index in [1.54, 1.807) is 48.7 Å². The van der Waals surface area contributed by atoms with Crippen LogP contribution in [0.1, 0.15) is 5.56 Å². The van der Waals surface area contributed by atoms with Gasteiger partial charge in [-0.15, -0.1) is 0 Å². The summed E-state index contributed by atoms with van der Waals surface area (Å²) in [5.74, 6) is 0.225. The number of phenolic OH excluding ortho intramolecular Hbond substituents is 1. The van der Waals surface area contributed by atoms with E-state index in [0.29, 0.717) is 15.7 Å². The summed E-state index contributed by atoms with van der Waals surface area (Å²) in [6.07, 6.45) is 1.66. The van der Waals surface area contributed by atoms with Crippen molar-refractivity contribution in [3.63, 3.8) is 0 Å². The minimum Gasteiger partial charge on any atom is -0.508 e. The normalized spacial score (nSPS) is 10.9. The van der Waals surface area contributed by atoms with Gasteiger partial charge < -0.3 is 5.11 Å². The highest BCUT2D eigenvalue weighted by Gasteiger charge is 1.98. The number of aliphatic imine (C=N–C) groups is 1. The van der Waals surface area contributed by atoms with Gasteiger partial charge >= 0.3 is 0 Å². The van der Waals surface area contributed by atoms with Gasteiger partial charge in [0.2, 0.25) is 0 Å². The van der Waals surface area contributed by atoms with Gasteiger partial charge in [0.15, 0.2) is 0 Å². The Labute approximate surface area is 109 Å². The van der Waals surface area contributed by atoms with E-state index in [1.807, 2.05) is 0 Å². The standard InChI is InChI=1S/C13H9Cl2NO/c14-10-3-6-12(15)13(7-10)16-8-9-1-4-11(17)5-2-9/h1-8,17H. The lowest BCUT2D eigenvalue weighted by Gasteiger charge is -1.98. The minimum absolute atomic E-state index is 0.225. The molecule has 0 aliphatic rings. The molecule has 86 valence electrons. The SMILES string of the molecule is Oc1ccc(C=Nc2cc(Cl)ccc2Cl)cc1. The van der Waals surface area contributed by atoms with Gasteiger partial charge in [0, 0.05) is 11.2 Å². The molecule has 0 unspecified atom stereocenters. The summed E-state index contributed by atoms with van der Waals surface area (Å²) in [7, 11) is 0. The zero-order valence-electron chi connectivity index (χ0n) is 8.77. The molecule has 0 bridgehead atoms. The maximum atomic E-state index is 9.14. The Morgan fingerprint density at radius 1 is 1.00 bits per heavy atom. The third-order valence-corrected chi connectivity index (χ3v) is 2.71. The van der Waals surface area contributed by atoms with Crippen LogP contribution in [0.4, 0.5) is 5.69 Å². The van der Waals surface area contributed by atoms with Crippen molar-refractivity contribution in [3.8, 4) is 5.75 Å². The van der Waals surface area contributed by atoms with Crippen LogP contribution < -0.4 is 0 Å². The second-order valence-electron chi connectivity index (χ2n) is 3.45. The van der Waals surface area contributed by atoms with Crippen molar-refractivity contribution in [2.45, 2.75) is 0 Å². The van der Waals surface area contributed by atoms with E-state index in [9.17, 15) is 0 Å². The van der Waals surface area contributed by atoms with Crippen LogP contribution in [-0.2, 0) is 0 Å². The first kappa shape index (κ1) is 12.0. The zero-order valence-corrected chi connectivity index (χ0v) is 10.3. The molecule has 1 N–H and O–H groups in total. The number of rotatable bonds is 2. The number of hydrogen-bond donors (Lipinski definition) is 1. The summed E-state index contributed by atoms with van der Waals surface area (Å²) in [6, 6.07) is 11.8. The van der Waals surface area contributed by atoms with Crippen LogP contribution in [0.15, 0.2) is 47.5 Å².